The summed E-state index contributed by atoms with van der Waals surface area (Å²) in [5.74, 6) is -3.44. The van der Waals surface area contributed by atoms with Gasteiger partial charge in [0.1, 0.15) is 11.7 Å². The maximum atomic E-state index is 12.8. The van der Waals surface area contributed by atoms with Crippen LogP contribution in [0.2, 0.25) is 5.02 Å². The number of carbonyl (C=O) groups is 1. The van der Waals surface area contributed by atoms with Gasteiger partial charge in [-0.2, -0.15) is 13.2 Å². The second-order valence-electron chi connectivity index (χ2n) is 4.21. The number of hydrogen-bond acceptors (Lipinski definition) is 3. The Hall–Kier alpha value is -1.63. The number of halogens is 4. The summed E-state index contributed by atoms with van der Waals surface area (Å²) in [4.78, 5) is 10.9. The van der Waals surface area contributed by atoms with Crippen molar-refractivity contribution in [2.24, 2.45) is 5.92 Å². The molecular weight excluding hydrogens is 287 g/mol. The maximum Gasteiger partial charge on any atom is 0.426 e. The standard InChI is InChI=1S/C11H9ClF3NO3/c12-5-1-4-2-6(10(17)18)9(11(13,14)15)19-8(4)7(16)3-5/h1,3,6,9H,2,16H2,(H,17,18)/t6-,9-/m0/s1. The summed E-state index contributed by atoms with van der Waals surface area (Å²) in [6.07, 6.45) is -7.53. The lowest BCUT2D eigenvalue weighted by Crippen LogP contribution is -2.47. The fourth-order valence-corrected chi connectivity index (χ4v) is 2.28. The van der Waals surface area contributed by atoms with Gasteiger partial charge in [0.15, 0.2) is 0 Å². The van der Waals surface area contributed by atoms with Gasteiger partial charge in [-0.3, -0.25) is 4.79 Å². The number of rotatable bonds is 1. The Bertz CT molecular complexity index is 533. The van der Waals surface area contributed by atoms with E-state index in [4.69, 9.17) is 27.2 Å². The predicted octanol–water partition coefficient (Wildman–Crippen LogP) is 2.49. The molecule has 0 bridgehead atoms. The number of carboxylic acid groups (broad SMARTS) is 1. The second kappa shape index (κ2) is 4.48. The first kappa shape index (κ1) is 13.8. The highest BCUT2D eigenvalue weighted by molar-refractivity contribution is 6.31. The van der Waals surface area contributed by atoms with Crippen LogP contribution in [0.15, 0.2) is 12.1 Å². The van der Waals surface area contributed by atoms with Crippen LogP contribution < -0.4 is 10.5 Å². The van der Waals surface area contributed by atoms with E-state index in [1.807, 2.05) is 0 Å². The van der Waals surface area contributed by atoms with E-state index < -0.39 is 24.2 Å². The Morgan fingerprint density at radius 1 is 1.47 bits per heavy atom. The molecule has 0 spiro atoms. The van der Waals surface area contributed by atoms with E-state index in [9.17, 15) is 18.0 Å². The molecule has 1 heterocycles. The summed E-state index contributed by atoms with van der Waals surface area (Å²) in [6.45, 7) is 0. The van der Waals surface area contributed by atoms with Crippen molar-refractivity contribution in [3.63, 3.8) is 0 Å². The molecule has 19 heavy (non-hydrogen) atoms. The van der Waals surface area contributed by atoms with E-state index in [1.165, 1.54) is 12.1 Å². The number of alkyl halides is 3. The van der Waals surface area contributed by atoms with E-state index in [0.717, 1.165) is 0 Å². The smallest absolute Gasteiger partial charge is 0.426 e. The lowest BCUT2D eigenvalue weighted by Gasteiger charge is -2.33. The van der Waals surface area contributed by atoms with Gasteiger partial charge in [-0.05, 0) is 24.1 Å². The first-order valence-electron chi connectivity index (χ1n) is 5.24. The highest BCUT2D eigenvalue weighted by atomic mass is 35.5. The molecule has 2 rings (SSSR count). The van der Waals surface area contributed by atoms with Crippen LogP contribution in [-0.2, 0) is 11.2 Å². The Morgan fingerprint density at radius 3 is 2.63 bits per heavy atom. The minimum atomic E-state index is -4.78. The molecule has 1 aromatic rings. The summed E-state index contributed by atoms with van der Waals surface area (Å²) < 4.78 is 43.2. The van der Waals surface area contributed by atoms with Crippen molar-refractivity contribution in [2.45, 2.75) is 18.7 Å². The molecule has 4 nitrogen and oxygen atoms in total. The van der Waals surface area contributed by atoms with Crippen LogP contribution in [0.3, 0.4) is 0 Å². The van der Waals surface area contributed by atoms with Crippen molar-refractivity contribution in [3.05, 3.63) is 22.7 Å². The lowest BCUT2D eigenvalue weighted by atomic mass is 9.90. The van der Waals surface area contributed by atoms with Crippen LogP contribution in [0.25, 0.3) is 0 Å². The Labute approximate surface area is 110 Å². The summed E-state index contributed by atoms with van der Waals surface area (Å²) in [7, 11) is 0. The van der Waals surface area contributed by atoms with E-state index in [-0.39, 0.29) is 28.4 Å². The molecule has 0 fully saturated rings. The van der Waals surface area contributed by atoms with E-state index >= 15 is 0 Å². The largest absolute Gasteiger partial charge is 0.481 e. The number of ether oxygens (including phenoxy) is 1. The maximum absolute atomic E-state index is 12.8. The predicted molar refractivity (Wildman–Crippen MR) is 61.2 cm³/mol. The van der Waals surface area contributed by atoms with Crippen LogP contribution in [0.1, 0.15) is 5.56 Å². The molecule has 0 amide bonds. The molecule has 8 heteroatoms. The monoisotopic (exact) mass is 295 g/mol. The minimum absolute atomic E-state index is 0.0411. The Morgan fingerprint density at radius 2 is 2.11 bits per heavy atom. The number of nitrogen functional groups attached to an aromatic ring is 1. The van der Waals surface area contributed by atoms with Crippen molar-refractivity contribution < 1.29 is 27.8 Å². The molecule has 0 aromatic heterocycles. The van der Waals surface area contributed by atoms with Crippen molar-refractivity contribution in [2.75, 3.05) is 5.73 Å². The molecule has 0 radical (unpaired) electrons. The van der Waals surface area contributed by atoms with Gasteiger partial charge in [0, 0.05) is 5.02 Å². The van der Waals surface area contributed by atoms with Crippen LogP contribution in [0.5, 0.6) is 5.75 Å². The average molecular weight is 296 g/mol. The SMILES string of the molecule is Nc1cc(Cl)cc2c1O[C@H](C(F)(F)F)[C@@H](C(=O)O)C2. The summed E-state index contributed by atoms with van der Waals surface area (Å²) in [5.41, 5.74) is 5.77. The quantitative estimate of drug-likeness (QED) is 0.781. The van der Waals surface area contributed by atoms with Gasteiger partial charge in [-0.15, -0.1) is 0 Å². The number of carboxylic acids is 1. The zero-order chi connectivity index (χ0) is 14.4. The third kappa shape index (κ3) is 2.56. The van der Waals surface area contributed by atoms with E-state index in [0.29, 0.717) is 0 Å². The fraction of sp³-hybridized carbons (Fsp3) is 0.364. The molecule has 2 atom stereocenters. The Kier molecular flexibility index (Phi) is 3.25. The number of anilines is 1. The van der Waals surface area contributed by atoms with Crippen molar-refractivity contribution in [1.29, 1.82) is 0 Å². The molecule has 1 aromatic carbocycles. The van der Waals surface area contributed by atoms with Gasteiger partial charge in [0.05, 0.1) is 5.69 Å². The molecule has 0 saturated heterocycles. The molecule has 1 aliphatic rings. The lowest BCUT2D eigenvalue weighted by molar-refractivity contribution is -0.217. The zero-order valence-corrected chi connectivity index (χ0v) is 10.1. The van der Waals surface area contributed by atoms with Crippen LogP contribution >= 0.6 is 11.6 Å². The highest BCUT2D eigenvalue weighted by Gasteiger charge is 2.52. The molecule has 104 valence electrons. The Balaban J connectivity index is 2.48. The van der Waals surface area contributed by atoms with Crippen LogP contribution in [0.4, 0.5) is 18.9 Å². The summed E-state index contributed by atoms with van der Waals surface area (Å²) in [6, 6.07) is 2.62. The minimum Gasteiger partial charge on any atom is -0.481 e. The highest BCUT2D eigenvalue weighted by Crippen LogP contribution is 2.42. The molecule has 0 unspecified atom stereocenters. The van der Waals surface area contributed by atoms with Gasteiger partial charge in [-0.25, -0.2) is 0 Å². The number of aliphatic carboxylic acids is 1. The number of fused-ring (bicyclic) bond motifs is 1. The third-order valence-corrected chi connectivity index (χ3v) is 3.07. The van der Waals surface area contributed by atoms with E-state index in [2.05, 4.69) is 0 Å². The summed E-state index contributed by atoms with van der Waals surface area (Å²) >= 11 is 5.73. The third-order valence-electron chi connectivity index (χ3n) is 2.85. The molecule has 0 aliphatic carbocycles. The molecule has 0 saturated carbocycles. The van der Waals surface area contributed by atoms with Gasteiger partial charge in [0.2, 0.25) is 6.10 Å². The molecular formula is C11H9ClF3NO3. The van der Waals surface area contributed by atoms with Gasteiger partial charge < -0.3 is 15.6 Å². The van der Waals surface area contributed by atoms with E-state index in [1.54, 1.807) is 0 Å². The average Bonchev–Trinajstić information content (AvgIpc) is 2.25. The van der Waals surface area contributed by atoms with Gasteiger partial charge in [-0.1, -0.05) is 11.6 Å². The normalized spacial score (nSPS) is 22.5. The first-order valence-corrected chi connectivity index (χ1v) is 5.62. The van der Waals surface area contributed by atoms with Crippen LogP contribution in [0, 0.1) is 5.92 Å². The molecule has 1 aliphatic heterocycles. The van der Waals surface area contributed by atoms with Crippen LogP contribution in [-0.4, -0.2) is 23.4 Å². The van der Waals surface area contributed by atoms with Gasteiger partial charge in [0.25, 0.3) is 0 Å². The second-order valence-corrected chi connectivity index (χ2v) is 4.65. The first-order chi connectivity index (χ1) is 8.70. The van der Waals surface area contributed by atoms with Crippen molar-refractivity contribution in [1.82, 2.24) is 0 Å². The number of nitrogens with two attached hydrogens (primary N) is 1. The molecule has 3 N–H and O–H groups in total. The van der Waals surface area contributed by atoms with Crippen molar-refractivity contribution in [3.8, 4) is 5.75 Å². The topological polar surface area (TPSA) is 72.5 Å². The zero-order valence-electron chi connectivity index (χ0n) is 9.37. The number of hydrogen-bond donors (Lipinski definition) is 2. The van der Waals surface area contributed by atoms with Crippen molar-refractivity contribution >= 4 is 23.3 Å². The fourth-order valence-electron chi connectivity index (χ4n) is 2.03. The number of benzene rings is 1. The summed E-state index contributed by atoms with van der Waals surface area (Å²) in [5, 5.41) is 9.11. The van der Waals surface area contributed by atoms with Gasteiger partial charge >= 0.3 is 12.1 Å².